The fourth-order valence-corrected chi connectivity index (χ4v) is 5.13. The van der Waals surface area contributed by atoms with Crippen LogP contribution in [0, 0.1) is 5.82 Å². The quantitative estimate of drug-likeness (QED) is 0.505. The van der Waals surface area contributed by atoms with Crippen molar-refractivity contribution in [2.45, 2.75) is 57.0 Å². The summed E-state index contributed by atoms with van der Waals surface area (Å²) in [5.74, 6) is -2.29. The molecule has 6 rings (SSSR count). The number of carbonyl (C=O) groups excluding carboxylic acids is 4. The molecule has 1 saturated heterocycles. The third-order valence-electron chi connectivity index (χ3n) is 7.18. The third kappa shape index (κ3) is 4.07. The molecule has 3 aromatic rings. The SMILES string of the molecule is O=C1CCC(N2Cc3ccc(CNC(=O)OC4CC(n5ncc6cccnc65)C4)c(F)c3C2=O)C(=O)N1. The van der Waals surface area contributed by atoms with Gasteiger partial charge in [0.25, 0.3) is 5.91 Å². The normalized spacial score (nSPS) is 23.0. The molecule has 1 aliphatic carbocycles. The monoisotopic (exact) mass is 506 g/mol. The molecule has 1 saturated carbocycles. The largest absolute Gasteiger partial charge is 0.446 e. The average Bonchev–Trinajstić information content (AvgIpc) is 3.42. The van der Waals surface area contributed by atoms with E-state index in [-0.39, 0.29) is 55.1 Å². The van der Waals surface area contributed by atoms with Gasteiger partial charge in [-0.25, -0.2) is 18.9 Å². The summed E-state index contributed by atoms with van der Waals surface area (Å²) in [7, 11) is 0. The van der Waals surface area contributed by atoms with Crippen molar-refractivity contribution in [1.29, 1.82) is 0 Å². The van der Waals surface area contributed by atoms with Crippen LogP contribution in [0.25, 0.3) is 11.0 Å². The average molecular weight is 506 g/mol. The number of aromatic nitrogens is 3. The number of amides is 4. The Morgan fingerprint density at radius 3 is 2.86 bits per heavy atom. The zero-order valence-electron chi connectivity index (χ0n) is 19.6. The van der Waals surface area contributed by atoms with Crippen LogP contribution in [0.1, 0.15) is 53.2 Å². The van der Waals surface area contributed by atoms with Gasteiger partial charge in [-0.3, -0.25) is 19.7 Å². The Hall–Kier alpha value is -4.35. The summed E-state index contributed by atoms with van der Waals surface area (Å²) in [5, 5.41) is 10.1. The molecule has 0 bridgehead atoms. The topological polar surface area (TPSA) is 136 Å². The van der Waals surface area contributed by atoms with Gasteiger partial charge < -0.3 is 15.0 Å². The molecule has 2 aliphatic heterocycles. The van der Waals surface area contributed by atoms with Crippen LogP contribution >= 0.6 is 0 Å². The van der Waals surface area contributed by atoms with Crippen molar-refractivity contribution in [2.24, 2.45) is 0 Å². The van der Waals surface area contributed by atoms with Crippen LogP contribution in [0.2, 0.25) is 0 Å². The van der Waals surface area contributed by atoms with Gasteiger partial charge in [0.2, 0.25) is 11.8 Å². The molecule has 2 aromatic heterocycles. The highest BCUT2D eigenvalue weighted by Gasteiger charge is 2.41. The Morgan fingerprint density at radius 2 is 2.05 bits per heavy atom. The van der Waals surface area contributed by atoms with Crippen LogP contribution < -0.4 is 10.6 Å². The zero-order valence-corrected chi connectivity index (χ0v) is 19.6. The fraction of sp³-hybridized carbons (Fsp3) is 0.360. The molecule has 11 nitrogen and oxygen atoms in total. The smallest absolute Gasteiger partial charge is 0.407 e. The molecule has 0 spiro atoms. The van der Waals surface area contributed by atoms with Crippen LogP contribution in [0.15, 0.2) is 36.7 Å². The van der Waals surface area contributed by atoms with E-state index in [1.807, 2.05) is 16.8 Å². The highest BCUT2D eigenvalue weighted by molar-refractivity contribution is 6.05. The molecule has 1 atom stereocenters. The maximum absolute atomic E-state index is 15.2. The molecule has 12 heteroatoms. The molecule has 2 fully saturated rings. The van der Waals surface area contributed by atoms with Gasteiger partial charge >= 0.3 is 6.09 Å². The Labute approximate surface area is 210 Å². The molecule has 0 radical (unpaired) electrons. The number of nitrogens with one attached hydrogen (secondary N) is 2. The molecule has 4 heterocycles. The van der Waals surface area contributed by atoms with Crippen molar-refractivity contribution in [2.75, 3.05) is 0 Å². The molecule has 1 unspecified atom stereocenters. The van der Waals surface area contributed by atoms with Gasteiger partial charge in [-0.1, -0.05) is 12.1 Å². The number of pyridine rings is 1. The number of carbonyl (C=O) groups is 4. The van der Waals surface area contributed by atoms with Gasteiger partial charge in [-0.2, -0.15) is 5.10 Å². The van der Waals surface area contributed by atoms with Crippen LogP contribution in [-0.2, 0) is 27.4 Å². The second-order valence-corrected chi connectivity index (χ2v) is 9.48. The number of halogens is 1. The molecule has 2 N–H and O–H groups in total. The van der Waals surface area contributed by atoms with E-state index in [2.05, 4.69) is 20.7 Å². The van der Waals surface area contributed by atoms with E-state index >= 15 is 4.39 Å². The van der Waals surface area contributed by atoms with Crippen LogP contribution in [0.4, 0.5) is 9.18 Å². The Bertz CT molecular complexity index is 1450. The van der Waals surface area contributed by atoms with Crippen LogP contribution in [0.5, 0.6) is 0 Å². The third-order valence-corrected chi connectivity index (χ3v) is 7.18. The maximum atomic E-state index is 15.2. The highest BCUT2D eigenvalue weighted by Crippen LogP contribution is 2.36. The first-order valence-electron chi connectivity index (χ1n) is 12.1. The number of fused-ring (bicyclic) bond motifs is 2. The summed E-state index contributed by atoms with van der Waals surface area (Å²) in [6.07, 6.45) is 4.00. The Morgan fingerprint density at radius 1 is 1.22 bits per heavy atom. The first-order chi connectivity index (χ1) is 17.9. The van der Waals surface area contributed by atoms with Gasteiger partial charge in [-0.05, 0) is 24.1 Å². The van der Waals surface area contributed by atoms with Crippen molar-refractivity contribution >= 4 is 34.8 Å². The van der Waals surface area contributed by atoms with Gasteiger partial charge in [0.1, 0.15) is 18.0 Å². The minimum absolute atomic E-state index is 0.0804. The first-order valence-corrected chi connectivity index (χ1v) is 12.1. The second kappa shape index (κ2) is 8.95. The van der Waals surface area contributed by atoms with Gasteiger partial charge in [0.05, 0.1) is 17.8 Å². The molecule has 190 valence electrons. The van der Waals surface area contributed by atoms with E-state index < -0.39 is 29.8 Å². The number of benzene rings is 1. The number of hydrogen-bond donors (Lipinski definition) is 2. The minimum atomic E-state index is -0.824. The molecule has 1 aromatic carbocycles. The van der Waals surface area contributed by atoms with E-state index in [4.69, 9.17) is 4.74 Å². The van der Waals surface area contributed by atoms with Gasteiger partial charge in [0.15, 0.2) is 5.65 Å². The van der Waals surface area contributed by atoms with Crippen molar-refractivity contribution in [1.82, 2.24) is 30.3 Å². The van der Waals surface area contributed by atoms with E-state index in [9.17, 15) is 19.2 Å². The van der Waals surface area contributed by atoms with Crippen molar-refractivity contribution in [3.8, 4) is 0 Å². The van der Waals surface area contributed by atoms with Crippen molar-refractivity contribution in [3.05, 3.63) is 59.2 Å². The number of ether oxygens (including phenoxy) is 1. The summed E-state index contributed by atoms with van der Waals surface area (Å²) < 4.78 is 22.5. The maximum Gasteiger partial charge on any atom is 0.407 e. The summed E-state index contributed by atoms with van der Waals surface area (Å²) in [6, 6.07) is 6.16. The van der Waals surface area contributed by atoms with Crippen LogP contribution in [-0.4, -0.2) is 55.6 Å². The minimum Gasteiger partial charge on any atom is -0.446 e. The number of hydrogen-bond acceptors (Lipinski definition) is 7. The Kier molecular flexibility index (Phi) is 5.58. The fourth-order valence-electron chi connectivity index (χ4n) is 5.13. The summed E-state index contributed by atoms with van der Waals surface area (Å²) >= 11 is 0. The first kappa shape index (κ1) is 23.1. The number of imide groups is 1. The molecular formula is C25H23FN6O5. The van der Waals surface area contributed by atoms with Crippen LogP contribution in [0.3, 0.4) is 0 Å². The highest BCUT2D eigenvalue weighted by atomic mass is 19.1. The molecule has 4 amide bonds. The Balaban J connectivity index is 1.04. The number of alkyl carbamates (subject to hydrolysis) is 1. The lowest BCUT2D eigenvalue weighted by Gasteiger charge is -2.34. The molecule has 37 heavy (non-hydrogen) atoms. The summed E-state index contributed by atoms with van der Waals surface area (Å²) in [4.78, 5) is 54.5. The lowest BCUT2D eigenvalue weighted by atomic mass is 9.89. The van der Waals surface area contributed by atoms with Gasteiger partial charge in [-0.15, -0.1) is 0 Å². The van der Waals surface area contributed by atoms with E-state index in [1.54, 1.807) is 18.5 Å². The lowest BCUT2D eigenvalue weighted by Crippen LogP contribution is -2.52. The van der Waals surface area contributed by atoms with Crippen molar-refractivity contribution in [3.63, 3.8) is 0 Å². The number of piperidine rings is 1. The standard InChI is InChI=1S/C25H23FN6O5/c26-21-13(3-4-15-12-31(24(35)20(15)21)18-5-6-19(33)30-23(18)34)10-28-25(36)37-17-8-16(9-17)32-22-14(11-29-32)2-1-7-27-22/h1-4,7,11,16-18H,5-6,8-10,12H2,(H,28,36)(H,30,33,34). The predicted molar refractivity (Wildman–Crippen MR) is 125 cm³/mol. The molecule has 3 aliphatic rings. The summed E-state index contributed by atoms with van der Waals surface area (Å²) in [6.45, 7) is -0.0788. The van der Waals surface area contributed by atoms with E-state index in [0.29, 0.717) is 18.4 Å². The summed E-state index contributed by atoms with van der Waals surface area (Å²) in [5.41, 5.74) is 1.27. The van der Waals surface area contributed by atoms with Crippen molar-refractivity contribution < 1.29 is 28.3 Å². The molecular weight excluding hydrogens is 483 g/mol. The van der Waals surface area contributed by atoms with E-state index in [0.717, 1.165) is 11.0 Å². The number of nitrogens with zero attached hydrogens (tertiary/aromatic N) is 4. The lowest BCUT2D eigenvalue weighted by molar-refractivity contribution is -0.136. The second-order valence-electron chi connectivity index (χ2n) is 9.48. The zero-order chi connectivity index (χ0) is 25.7. The van der Waals surface area contributed by atoms with Gasteiger partial charge in [0, 0.05) is 49.5 Å². The van der Waals surface area contributed by atoms with E-state index in [1.165, 1.54) is 11.0 Å². The number of rotatable bonds is 5. The predicted octanol–water partition coefficient (Wildman–Crippen LogP) is 1.96.